The summed E-state index contributed by atoms with van der Waals surface area (Å²) in [6.45, 7) is -0.0318. The molecule has 0 fully saturated rings. The van der Waals surface area contributed by atoms with Crippen molar-refractivity contribution in [3.63, 3.8) is 0 Å². The number of thiophene rings is 1. The summed E-state index contributed by atoms with van der Waals surface area (Å²) in [5.41, 5.74) is 1.09. The SMILES string of the molecule is Cn1cc(S(=O)(=O)NCC(NC(=O)c2csc(Br)c2Cl)c2ccccc2)cn1. The number of rotatable bonds is 7. The molecule has 7 nitrogen and oxygen atoms in total. The maximum Gasteiger partial charge on any atom is 0.254 e. The van der Waals surface area contributed by atoms with Crippen molar-refractivity contribution in [3.8, 4) is 0 Å². The fourth-order valence-electron chi connectivity index (χ4n) is 2.46. The van der Waals surface area contributed by atoms with Crippen LogP contribution in [-0.2, 0) is 17.1 Å². The second-order valence-corrected chi connectivity index (χ2v) is 10.2. The number of sulfonamides is 1. The van der Waals surface area contributed by atoms with Crippen LogP contribution in [0.3, 0.4) is 0 Å². The highest BCUT2D eigenvalue weighted by Gasteiger charge is 2.23. The number of amides is 1. The molecule has 0 spiro atoms. The summed E-state index contributed by atoms with van der Waals surface area (Å²) in [6, 6.07) is 8.52. The first-order valence-corrected chi connectivity index (χ1v) is 11.6. The van der Waals surface area contributed by atoms with Crippen LogP contribution < -0.4 is 10.0 Å². The molecule has 2 aromatic heterocycles. The van der Waals surface area contributed by atoms with E-state index in [0.717, 1.165) is 5.56 Å². The van der Waals surface area contributed by atoms with Gasteiger partial charge in [0.25, 0.3) is 5.91 Å². The van der Waals surface area contributed by atoms with Gasteiger partial charge < -0.3 is 5.32 Å². The summed E-state index contributed by atoms with van der Waals surface area (Å²) in [7, 11) is -2.13. The lowest BCUT2D eigenvalue weighted by molar-refractivity contribution is 0.0937. The number of carbonyl (C=O) groups excluding carboxylic acids is 1. The summed E-state index contributed by atoms with van der Waals surface area (Å²) in [6.07, 6.45) is 2.67. The highest BCUT2D eigenvalue weighted by atomic mass is 79.9. The van der Waals surface area contributed by atoms with Gasteiger partial charge in [-0.1, -0.05) is 41.9 Å². The number of nitrogens with one attached hydrogen (secondary N) is 2. The molecule has 0 aliphatic rings. The van der Waals surface area contributed by atoms with E-state index in [1.807, 2.05) is 30.3 Å². The lowest BCUT2D eigenvalue weighted by Crippen LogP contribution is -2.37. The first kappa shape index (κ1) is 21.0. The first-order valence-electron chi connectivity index (χ1n) is 8.04. The van der Waals surface area contributed by atoms with Crippen molar-refractivity contribution in [1.82, 2.24) is 19.8 Å². The number of hydrogen-bond acceptors (Lipinski definition) is 5. The average Bonchev–Trinajstić information content (AvgIpc) is 3.26. The van der Waals surface area contributed by atoms with Crippen molar-refractivity contribution in [3.05, 3.63) is 68.0 Å². The Labute approximate surface area is 179 Å². The van der Waals surface area contributed by atoms with Gasteiger partial charge in [0.05, 0.1) is 26.6 Å². The van der Waals surface area contributed by atoms with Crippen molar-refractivity contribution in [2.24, 2.45) is 7.05 Å². The zero-order valence-electron chi connectivity index (χ0n) is 14.6. The molecular weight excluding hydrogens is 488 g/mol. The Bertz CT molecular complexity index is 1080. The van der Waals surface area contributed by atoms with Crippen molar-refractivity contribution >= 4 is 54.8 Å². The zero-order chi connectivity index (χ0) is 20.3. The molecule has 1 atom stereocenters. The minimum atomic E-state index is -3.76. The fraction of sp³-hybridized carbons (Fsp3) is 0.176. The quantitative estimate of drug-likeness (QED) is 0.517. The van der Waals surface area contributed by atoms with Gasteiger partial charge in [-0.05, 0) is 21.5 Å². The van der Waals surface area contributed by atoms with E-state index in [9.17, 15) is 13.2 Å². The number of benzene rings is 1. The molecule has 11 heteroatoms. The number of nitrogens with zero attached hydrogens (tertiary/aromatic N) is 2. The van der Waals surface area contributed by atoms with E-state index in [-0.39, 0.29) is 17.3 Å². The molecule has 0 aliphatic carbocycles. The molecule has 0 radical (unpaired) electrons. The summed E-state index contributed by atoms with van der Waals surface area (Å²) in [5, 5.41) is 8.69. The zero-order valence-corrected chi connectivity index (χ0v) is 18.6. The van der Waals surface area contributed by atoms with Crippen LogP contribution in [0.25, 0.3) is 0 Å². The Morgan fingerprint density at radius 1 is 1.36 bits per heavy atom. The molecule has 2 heterocycles. The van der Waals surface area contributed by atoms with E-state index in [1.165, 1.54) is 28.4 Å². The molecule has 1 aromatic carbocycles. The van der Waals surface area contributed by atoms with E-state index in [0.29, 0.717) is 14.4 Å². The van der Waals surface area contributed by atoms with Gasteiger partial charge >= 0.3 is 0 Å². The Balaban J connectivity index is 1.80. The van der Waals surface area contributed by atoms with Crippen LogP contribution in [0.5, 0.6) is 0 Å². The van der Waals surface area contributed by atoms with Gasteiger partial charge in [0.15, 0.2) is 0 Å². The van der Waals surface area contributed by atoms with Gasteiger partial charge in [0, 0.05) is 25.2 Å². The van der Waals surface area contributed by atoms with Gasteiger partial charge in [-0.2, -0.15) is 5.10 Å². The molecular formula is C17H16BrClN4O3S2. The van der Waals surface area contributed by atoms with Gasteiger partial charge in [-0.25, -0.2) is 13.1 Å². The van der Waals surface area contributed by atoms with E-state index < -0.39 is 16.1 Å². The molecule has 0 aliphatic heterocycles. The Morgan fingerprint density at radius 2 is 2.07 bits per heavy atom. The second kappa shape index (κ2) is 8.75. The largest absolute Gasteiger partial charge is 0.344 e. The Kier molecular flexibility index (Phi) is 6.56. The predicted molar refractivity (Wildman–Crippen MR) is 112 cm³/mol. The molecule has 0 saturated carbocycles. The number of hydrogen-bond donors (Lipinski definition) is 2. The second-order valence-electron chi connectivity index (χ2n) is 5.88. The van der Waals surface area contributed by atoms with Crippen LogP contribution >= 0.6 is 38.9 Å². The molecule has 28 heavy (non-hydrogen) atoms. The highest BCUT2D eigenvalue weighted by Crippen LogP contribution is 2.33. The average molecular weight is 504 g/mol. The van der Waals surface area contributed by atoms with Crippen LogP contribution in [0.1, 0.15) is 22.0 Å². The van der Waals surface area contributed by atoms with Crippen molar-refractivity contribution in [2.45, 2.75) is 10.9 Å². The molecule has 1 amide bonds. The predicted octanol–water partition coefficient (Wildman–Crippen LogP) is 3.35. The molecule has 0 saturated heterocycles. The summed E-state index contributed by atoms with van der Waals surface area (Å²) >= 11 is 10.7. The van der Waals surface area contributed by atoms with Gasteiger partial charge in [0.1, 0.15) is 4.90 Å². The lowest BCUT2D eigenvalue weighted by Gasteiger charge is -2.19. The topological polar surface area (TPSA) is 93.1 Å². The highest BCUT2D eigenvalue weighted by molar-refractivity contribution is 9.11. The number of carbonyl (C=O) groups is 1. The smallest absolute Gasteiger partial charge is 0.254 e. The fourth-order valence-corrected chi connectivity index (χ4v) is 4.98. The van der Waals surface area contributed by atoms with E-state index in [4.69, 9.17) is 11.6 Å². The van der Waals surface area contributed by atoms with Crippen LogP contribution in [0.2, 0.25) is 5.02 Å². The summed E-state index contributed by atoms with van der Waals surface area (Å²) in [4.78, 5) is 12.7. The van der Waals surface area contributed by atoms with Crippen molar-refractivity contribution < 1.29 is 13.2 Å². The first-order chi connectivity index (χ1) is 13.3. The third kappa shape index (κ3) is 4.81. The minimum Gasteiger partial charge on any atom is -0.344 e. The van der Waals surface area contributed by atoms with E-state index in [1.54, 1.807) is 12.4 Å². The normalized spacial score (nSPS) is 12.7. The third-order valence-corrected chi connectivity index (χ3v) is 7.74. The monoisotopic (exact) mass is 502 g/mol. The van der Waals surface area contributed by atoms with Crippen molar-refractivity contribution in [2.75, 3.05) is 6.54 Å². The van der Waals surface area contributed by atoms with Crippen LogP contribution in [0.4, 0.5) is 0 Å². The Morgan fingerprint density at radius 3 is 2.64 bits per heavy atom. The van der Waals surface area contributed by atoms with E-state index >= 15 is 0 Å². The third-order valence-electron chi connectivity index (χ3n) is 3.91. The minimum absolute atomic E-state index is 0.0318. The summed E-state index contributed by atoms with van der Waals surface area (Å²) in [5.74, 6) is -0.388. The van der Waals surface area contributed by atoms with Crippen LogP contribution in [0, 0.1) is 0 Å². The molecule has 2 N–H and O–H groups in total. The molecule has 1 unspecified atom stereocenters. The van der Waals surface area contributed by atoms with Crippen LogP contribution in [-0.4, -0.2) is 30.7 Å². The van der Waals surface area contributed by atoms with Gasteiger partial charge in [-0.15, -0.1) is 11.3 Å². The van der Waals surface area contributed by atoms with E-state index in [2.05, 4.69) is 31.1 Å². The summed E-state index contributed by atoms with van der Waals surface area (Å²) < 4.78 is 29.6. The number of aromatic nitrogens is 2. The number of halogens is 2. The van der Waals surface area contributed by atoms with Crippen LogP contribution in [0.15, 0.2) is 56.8 Å². The van der Waals surface area contributed by atoms with Gasteiger partial charge in [0.2, 0.25) is 10.0 Å². The van der Waals surface area contributed by atoms with Gasteiger partial charge in [-0.3, -0.25) is 9.48 Å². The molecule has 0 bridgehead atoms. The number of aryl methyl sites for hydroxylation is 1. The molecule has 148 valence electrons. The van der Waals surface area contributed by atoms with Crippen molar-refractivity contribution in [1.29, 1.82) is 0 Å². The molecule has 3 aromatic rings. The maximum atomic E-state index is 12.7. The standard InChI is InChI=1S/C17H16BrClN4O3S2/c1-23-9-12(7-20-23)28(25,26)21-8-14(11-5-3-2-4-6-11)22-17(24)13-10-27-16(18)15(13)19/h2-7,9-10,14,21H,8H2,1H3,(H,22,24). The molecule has 3 rings (SSSR count). The lowest BCUT2D eigenvalue weighted by atomic mass is 10.1. The Hall–Kier alpha value is -1.72. The maximum absolute atomic E-state index is 12.7.